The highest BCUT2D eigenvalue weighted by Gasteiger charge is 2.27. The minimum Gasteiger partial charge on any atom is -0.496 e. The van der Waals surface area contributed by atoms with Crippen LogP contribution < -0.4 is 23.8 Å². The second kappa shape index (κ2) is 9.22. The van der Waals surface area contributed by atoms with Gasteiger partial charge in [0.05, 0.1) is 39.7 Å². The van der Waals surface area contributed by atoms with Gasteiger partial charge in [0, 0.05) is 17.8 Å². The van der Waals surface area contributed by atoms with Gasteiger partial charge in [-0.05, 0) is 36.8 Å². The van der Waals surface area contributed by atoms with Crippen LogP contribution in [0.15, 0.2) is 60.7 Å². The summed E-state index contributed by atoms with van der Waals surface area (Å²) in [5, 5.41) is 0. The highest BCUT2D eigenvalue weighted by atomic mass is 16.5. The third-order valence-corrected chi connectivity index (χ3v) is 4.73. The fourth-order valence-electron chi connectivity index (χ4n) is 3.23. The Morgan fingerprint density at radius 3 is 1.90 bits per heavy atom. The van der Waals surface area contributed by atoms with Gasteiger partial charge >= 0.3 is 0 Å². The van der Waals surface area contributed by atoms with Crippen molar-refractivity contribution in [2.24, 2.45) is 0 Å². The van der Waals surface area contributed by atoms with Crippen LogP contribution in [-0.2, 0) is 0 Å². The van der Waals surface area contributed by atoms with Crippen molar-refractivity contribution in [3.63, 3.8) is 0 Å². The van der Waals surface area contributed by atoms with E-state index in [2.05, 4.69) is 0 Å². The molecule has 0 aromatic heterocycles. The number of anilines is 2. The molecule has 3 rings (SSSR count). The molecule has 0 unspecified atom stereocenters. The Labute approximate surface area is 176 Å². The quantitative estimate of drug-likeness (QED) is 0.551. The third kappa shape index (κ3) is 4.03. The summed E-state index contributed by atoms with van der Waals surface area (Å²) < 4.78 is 21.8. The molecule has 0 fully saturated rings. The van der Waals surface area contributed by atoms with Crippen molar-refractivity contribution in [3.8, 4) is 23.0 Å². The van der Waals surface area contributed by atoms with E-state index in [4.69, 9.17) is 18.9 Å². The summed E-state index contributed by atoms with van der Waals surface area (Å²) in [4.78, 5) is 15.4. The van der Waals surface area contributed by atoms with Gasteiger partial charge in [-0.2, -0.15) is 0 Å². The smallest absolute Gasteiger partial charge is 0.266 e. The van der Waals surface area contributed by atoms with Gasteiger partial charge in [-0.25, -0.2) is 0 Å². The number of carbonyl (C=O) groups excluding carboxylic acids is 1. The van der Waals surface area contributed by atoms with Crippen molar-refractivity contribution in [2.75, 3.05) is 33.3 Å². The number of rotatable bonds is 7. The lowest BCUT2D eigenvalue weighted by atomic mass is 10.1. The van der Waals surface area contributed by atoms with E-state index >= 15 is 0 Å². The molecule has 6 heteroatoms. The van der Waals surface area contributed by atoms with Gasteiger partial charge in [-0.1, -0.05) is 24.3 Å². The number of hydrogen-bond donors (Lipinski definition) is 0. The number of nitrogens with zero attached hydrogens (tertiary/aromatic N) is 1. The van der Waals surface area contributed by atoms with Gasteiger partial charge in [0.15, 0.2) is 11.5 Å². The molecule has 6 nitrogen and oxygen atoms in total. The van der Waals surface area contributed by atoms with E-state index in [-0.39, 0.29) is 5.91 Å². The third-order valence-electron chi connectivity index (χ3n) is 4.73. The molecular formula is C24H25NO5. The predicted molar refractivity (Wildman–Crippen MR) is 117 cm³/mol. The lowest BCUT2D eigenvalue weighted by Crippen LogP contribution is -2.27. The monoisotopic (exact) mass is 407 g/mol. The predicted octanol–water partition coefficient (Wildman–Crippen LogP) is 5.01. The Hall–Kier alpha value is -3.67. The van der Waals surface area contributed by atoms with Crippen LogP contribution in [0.25, 0.3) is 0 Å². The van der Waals surface area contributed by atoms with E-state index in [0.29, 0.717) is 39.9 Å². The fourth-order valence-corrected chi connectivity index (χ4v) is 3.23. The van der Waals surface area contributed by atoms with Gasteiger partial charge < -0.3 is 18.9 Å². The van der Waals surface area contributed by atoms with Crippen LogP contribution in [0.5, 0.6) is 23.0 Å². The Morgan fingerprint density at radius 2 is 1.30 bits per heavy atom. The number of ether oxygens (including phenoxy) is 4. The van der Waals surface area contributed by atoms with Crippen molar-refractivity contribution in [1.29, 1.82) is 0 Å². The minimum absolute atomic E-state index is 0.291. The first kappa shape index (κ1) is 21.0. The Kier molecular flexibility index (Phi) is 6.47. The molecule has 0 N–H and O–H groups in total. The number of carbonyl (C=O) groups is 1. The summed E-state index contributed by atoms with van der Waals surface area (Å²) in [6.07, 6.45) is 0. The van der Waals surface area contributed by atoms with Crippen LogP contribution in [-0.4, -0.2) is 34.3 Å². The zero-order valence-corrected chi connectivity index (χ0v) is 17.8. The number of benzene rings is 3. The number of methoxy groups -OCH3 is 4. The largest absolute Gasteiger partial charge is 0.496 e. The van der Waals surface area contributed by atoms with E-state index in [1.807, 2.05) is 55.5 Å². The summed E-state index contributed by atoms with van der Waals surface area (Å²) in [7, 11) is 6.16. The topological polar surface area (TPSA) is 57.2 Å². The van der Waals surface area contributed by atoms with Crippen molar-refractivity contribution in [2.45, 2.75) is 6.92 Å². The fraction of sp³-hybridized carbons (Fsp3) is 0.208. The zero-order chi connectivity index (χ0) is 21.7. The second-order valence-corrected chi connectivity index (χ2v) is 6.56. The summed E-state index contributed by atoms with van der Waals surface area (Å²) >= 11 is 0. The molecular weight excluding hydrogens is 382 g/mol. The normalized spacial score (nSPS) is 10.3. The highest BCUT2D eigenvalue weighted by molar-refractivity contribution is 6.13. The number of para-hydroxylation sites is 1. The maximum Gasteiger partial charge on any atom is 0.266 e. The molecule has 0 spiro atoms. The molecule has 0 aliphatic heterocycles. The van der Waals surface area contributed by atoms with Crippen molar-refractivity contribution in [3.05, 3.63) is 71.8 Å². The Balaban J connectivity index is 2.22. The van der Waals surface area contributed by atoms with Crippen LogP contribution in [0.1, 0.15) is 15.9 Å². The standard InChI is InChI=1S/C24H25NO5/c1-16-11-12-19(21(13-16)28-3)25(17-9-7-6-8-10-17)24(26)18-14-22(29-4)23(30-5)15-20(18)27-2/h6-15H,1-5H3. The first-order valence-corrected chi connectivity index (χ1v) is 9.38. The molecule has 0 saturated carbocycles. The molecule has 0 radical (unpaired) electrons. The van der Waals surface area contributed by atoms with Crippen molar-refractivity contribution < 1.29 is 23.7 Å². The van der Waals surface area contributed by atoms with Crippen LogP contribution >= 0.6 is 0 Å². The van der Waals surface area contributed by atoms with Crippen LogP contribution in [0, 0.1) is 6.92 Å². The summed E-state index contributed by atoms with van der Waals surface area (Å²) in [5.74, 6) is 1.59. The first-order chi connectivity index (χ1) is 14.5. The molecule has 0 heterocycles. The average Bonchev–Trinajstić information content (AvgIpc) is 2.79. The number of aryl methyl sites for hydroxylation is 1. The van der Waals surface area contributed by atoms with Crippen LogP contribution in [0.4, 0.5) is 11.4 Å². The van der Waals surface area contributed by atoms with Gasteiger partial charge in [0.1, 0.15) is 11.5 Å². The molecule has 0 saturated heterocycles. The van der Waals surface area contributed by atoms with E-state index < -0.39 is 0 Å². The molecule has 30 heavy (non-hydrogen) atoms. The highest BCUT2D eigenvalue weighted by Crippen LogP contribution is 2.40. The van der Waals surface area contributed by atoms with Crippen LogP contribution in [0.3, 0.4) is 0 Å². The average molecular weight is 407 g/mol. The van der Waals surface area contributed by atoms with Gasteiger partial charge in [-0.15, -0.1) is 0 Å². The lowest BCUT2D eigenvalue weighted by Gasteiger charge is -2.26. The molecule has 0 aliphatic carbocycles. The van der Waals surface area contributed by atoms with E-state index in [0.717, 1.165) is 5.56 Å². The zero-order valence-electron chi connectivity index (χ0n) is 17.8. The maximum atomic E-state index is 13.8. The van der Waals surface area contributed by atoms with Crippen molar-refractivity contribution >= 4 is 17.3 Å². The maximum absolute atomic E-state index is 13.8. The van der Waals surface area contributed by atoms with E-state index in [9.17, 15) is 4.79 Å². The van der Waals surface area contributed by atoms with Crippen molar-refractivity contribution in [1.82, 2.24) is 0 Å². The Morgan fingerprint density at radius 1 is 0.700 bits per heavy atom. The Bertz CT molecular complexity index is 1030. The lowest BCUT2D eigenvalue weighted by molar-refractivity contribution is 0.0995. The number of hydrogen-bond acceptors (Lipinski definition) is 5. The number of amides is 1. The van der Waals surface area contributed by atoms with Gasteiger partial charge in [0.25, 0.3) is 5.91 Å². The first-order valence-electron chi connectivity index (χ1n) is 9.38. The van der Waals surface area contributed by atoms with Gasteiger partial charge in [-0.3, -0.25) is 9.69 Å². The summed E-state index contributed by atoms with van der Waals surface area (Å²) in [6, 6.07) is 18.3. The van der Waals surface area contributed by atoms with Crippen LogP contribution in [0.2, 0.25) is 0 Å². The second-order valence-electron chi connectivity index (χ2n) is 6.56. The molecule has 0 bridgehead atoms. The van der Waals surface area contributed by atoms with Gasteiger partial charge in [0.2, 0.25) is 0 Å². The van der Waals surface area contributed by atoms with E-state index in [1.54, 1.807) is 24.1 Å². The summed E-state index contributed by atoms with van der Waals surface area (Å²) in [5.41, 5.74) is 2.68. The van der Waals surface area contributed by atoms with E-state index in [1.165, 1.54) is 21.3 Å². The molecule has 3 aromatic carbocycles. The SMILES string of the molecule is COc1cc(OC)c(C(=O)N(c2ccccc2)c2ccc(C)cc2OC)cc1OC. The minimum atomic E-state index is -0.291. The molecule has 0 atom stereocenters. The molecule has 1 amide bonds. The molecule has 0 aliphatic rings. The molecule has 156 valence electrons. The summed E-state index contributed by atoms with van der Waals surface area (Å²) in [6.45, 7) is 1.97. The molecule has 3 aromatic rings.